The average Bonchev–Trinajstić information content (AvgIpc) is 3.05. The first-order valence-electron chi connectivity index (χ1n) is 8.33. The summed E-state index contributed by atoms with van der Waals surface area (Å²) in [5.41, 5.74) is 12.3. The van der Waals surface area contributed by atoms with Crippen molar-refractivity contribution in [3.8, 4) is 11.3 Å². The van der Waals surface area contributed by atoms with Crippen LogP contribution in [0.5, 0.6) is 0 Å². The van der Waals surface area contributed by atoms with Crippen LogP contribution in [0.2, 0.25) is 0 Å². The highest BCUT2D eigenvalue weighted by atomic mass is 16.5. The highest BCUT2D eigenvalue weighted by molar-refractivity contribution is 5.92. The Balaban J connectivity index is 1.76. The van der Waals surface area contributed by atoms with Crippen LogP contribution in [0.3, 0.4) is 0 Å². The van der Waals surface area contributed by atoms with E-state index in [0.717, 1.165) is 39.0 Å². The largest absolute Gasteiger partial charge is 0.356 e. The Morgan fingerprint density at radius 3 is 2.72 bits per heavy atom. The standard InChI is InChI=1S/C21H19N3O/c1-14-9-10-18-20(12-14)25-24-21(18)17-8-3-2-7-16(17)19(22)13-15-6-4-5-11-23-15/h2-12,19H,13,22H2,1H3. The van der Waals surface area contributed by atoms with Crippen LogP contribution in [-0.2, 0) is 6.42 Å². The predicted molar refractivity (Wildman–Crippen MR) is 99.1 cm³/mol. The minimum Gasteiger partial charge on any atom is -0.356 e. The number of benzene rings is 2. The molecule has 4 aromatic rings. The summed E-state index contributed by atoms with van der Waals surface area (Å²) in [6.07, 6.45) is 2.47. The van der Waals surface area contributed by atoms with Crippen LogP contribution >= 0.6 is 0 Å². The third-order valence-electron chi connectivity index (χ3n) is 4.40. The molecule has 4 nitrogen and oxygen atoms in total. The molecule has 0 amide bonds. The smallest absolute Gasteiger partial charge is 0.167 e. The molecule has 4 rings (SSSR count). The van der Waals surface area contributed by atoms with Crippen molar-refractivity contribution in [1.82, 2.24) is 10.1 Å². The summed E-state index contributed by atoms with van der Waals surface area (Å²) in [5, 5.41) is 5.31. The average molecular weight is 329 g/mol. The van der Waals surface area contributed by atoms with Gasteiger partial charge in [0, 0.05) is 35.3 Å². The first-order valence-corrected chi connectivity index (χ1v) is 8.33. The van der Waals surface area contributed by atoms with E-state index in [0.29, 0.717) is 6.42 Å². The lowest BCUT2D eigenvalue weighted by Gasteiger charge is -2.15. The van der Waals surface area contributed by atoms with Gasteiger partial charge in [0.25, 0.3) is 0 Å². The Hall–Kier alpha value is -2.98. The second kappa shape index (κ2) is 6.49. The summed E-state index contributed by atoms with van der Waals surface area (Å²) in [7, 11) is 0. The Bertz CT molecular complexity index is 1010. The highest BCUT2D eigenvalue weighted by Gasteiger charge is 2.18. The SMILES string of the molecule is Cc1ccc2c(-c3ccccc3C(N)Cc3ccccn3)noc2c1. The van der Waals surface area contributed by atoms with E-state index < -0.39 is 0 Å². The molecule has 0 fully saturated rings. The van der Waals surface area contributed by atoms with E-state index in [2.05, 4.69) is 28.3 Å². The lowest BCUT2D eigenvalue weighted by atomic mass is 9.94. The molecular weight excluding hydrogens is 310 g/mol. The molecule has 0 spiro atoms. The molecule has 0 aliphatic rings. The quantitative estimate of drug-likeness (QED) is 0.601. The van der Waals surface area contributed by atoms with Crippen LogP contribution in [0.15, 0.2) is 71.4 Å². The minimum atomic E-state index is -0.164. The summed E-state index contributed by atoms with van der Waals surface area (Å²) in [6, 6.07) is 20.0. The van der Waals surface area contributed by atoms with Gasteiger partial charge in [0.15, 0.2) is 5.58 Å². The van der Waals surface area contributed by atoms with Gasteiger partial charge in [-0.05, 0) is 42.3 Å². The van der Waals surface area contributed by atoms with Crippen molar-refractivity contribution in [3.05, 3.63) is 83.7 Å². The lowest BCUT2D eigenvalue weighted by molar-refractivity contribution is 0.459. The van der Waals surface area contributed by atoms with Gasteiger partial charge in [0.2, 0.25) is 0 Å². The molecule has 0 saturated heterocycles. The van der Waals surface area contributed by atoms with Crippen LogP contribution in [0.1, 0.15) is 22.9 Å². The number of fused-ring (bicyclic) bond motifs is 1. The first-order chi connectivity index (χ1) is 12.2. The maximum atomic E-state index is 6.50. The molecule has 1 atom stereocenters. The van der Waals surface area contributed by atoms with Gasteiger partial charge < -0.3 is 10.3 Å². The molecule has 2 aromatic heterocycles. The highest BCUT2D eigenvalue weighted by Crippen LogP contribution is 2.33. The number of hydrogen-bond donors (Lipinski definition) is 1. The van der Waals surface area contributed by atoms with E-state index in [1.165, 1.54) is 0 Å². The van der Waals surface area contributed by atoms with Crippen molar-refractivity contribution in [2.45, 2.75) is 19.4 Å². The molecule has 2 heterocycles. The monoisotopic (exact) mass is 329 g/mol. The summed E-state index contributed by atoms with van der Waals surface area (Å²) in [6.45, 7) is 2.04. The Kier molecular flexibility index (Phi) is 4.04. The van der Waals surface area contributed by atoms with Crippen LogP contribution in [0.4, 0.5) is 0 Å². The number of nitrogens with two attached hydrogens (primary N) is 1. The normalized spacial score (nSPS) is 12.4. The molecule has 124 valence electrons. The van der Waals surface area contributed by atoms with Crippen molar-refractivity contribution in [2.75, 3.05) is 0 Å². The lowest BCUT2D eigenvalue weighted by Crippen LogP contribution is -2.15. The van der Waals surface area contributed by atoms with Gasteiger partial charge in [-0.15, -0.1) is 0 Å². The zero-order valence-electron chi connectivity index (χ0n) is 14.0. The second-order valence-electron chi connectivity index (χ2n) is 6.25. The van der Waals surface area contributed by atoms with E-state index in [4.69, 9.17) is 10.3 Å². The summed E-state index contributed by atoms with van der Waals surface area (Å²) in [4.78, 5) is 4.38. The topological polar surface area (TPSA) is 64.9 Å². The van der Waals surface area contributed by atoms with Crippen molar-refractivity contribution in [3.63, 3.8) is 0 Å². The second-order valence-corrected chi connectivity index (χ2v) is 6.25. The number of aromatic nitrogens is 2. The van der Waals surface area contributed by atoms with Gasteiger partial charge in [-0.3, -0.25) is 4.98 Å². The van der Waals surface area contributed by atoms with Crippen LogP contribution < -0.4 is 5.73 Å². The Morgan fingerprint density at radius 2 is 1.88 bits per heavy atom. The third-order valence-corrected chi connectivity index (χ3v) is 4.40. The maximum Gasteiger partial charge on any atom is 0.167 e. The van der Waals surface area contributed by atoms with Gasteiger partial charge in [-0.25, -0.2) is 0 Å². The van der Waals surface area contributed by atoms with E-state index >= 15 is 0 Å². The summed E-state index contributed by atoms with van der Waals surface area (Å²) in [5.74, 6) is 0. The van der Waals surface area contributed by atoms with E-state index in [-0.39, 0.29) is 6.04 Å². The predicted octanol–water partition coefficient (Wildman–Crippen LogP) is 4.44. The van der Waals surface area contributed by atoms with Crippen molar-refractivity contribution in [2.24, 2.45) is 5.73 Å². The fourth-order valence-electron chi connectivity index (χ4n) is 3.13. The summed E-state index contributed by atoms with van der Waals surface area (Å²) >= 11 is 0. The van der Waals surface area contributed by atoms with Crippen LogP contribution in [-0.4, -0.2) is 10.1 Å². The number of pyridine rings is 1. The fraction of sp³-hybridized carbons (Fsp3) is 0.143. The van der Waals surface area contributed by atoms with Crippen molar-refractivity contribution in [1.29, 1.82) is 0 Å². The van der Waals surface area contributed by atoms with E-state index in [9.17, 15) is 0 Å². The molecule has 2 N–H and O–H groups in total. The van der Waals surface area contributed by atoms with Gasteiger partial charge in [0.05, 0.1) is 0 Å². The van der Waals surface area contributed by atoms with Gasteiger partial charge >= 0.3 is 0 Å². The zero-order valence-corrected chi connectivity index (χ0v) is 14.0. The van der Waals surface area contributed by atoms with Crippen LogP contribution in [0, 0.1) is 6.92 Å². The molecule has 0 saturated carbocycles. The Morgan fingerprint density at radius 1 is 1.04 bits per heavy atom. The van der Waals surface area contributed by atoms with Crippen molar-refractivity contribution < 1.29 is 4.52 Å². The van der Waals surface area contributed by atoms with Crippen LogP contribution in [0.25, 0.3) is 22.2 Å². The molecule has 0 aliphatic carbocycles. The van der Waals surface area contributed by atoms with Gasteiger partial charge in [-0.2, -0.15) is 0 Å². The molecule has 0 radical (unpaired) electrons. The molecule has 0 aliphatic heterocycles. The number of rotatable bonds is 4. The molecule has 0 bridgehead atoms. The number of aryl methyl sites for hydroxylation is 1. The molecule has 2 aromatic carbocycles. The summed E-state index contributed by atoms with van der Waals surface area (Å²) < 4.78 is 5.53. The number of nitrogens with zero attached hydrogens (tertiary/aromatic N) is 2. The molecule has 4 heteroatoms. The first kappa shape index (κ1) is 15.5. The third kappa shape index (κ3) is 3.04. The minimum absolute atomic E-state index is 0.164. The van der Waals surface area contributed by atoms with Gasteiger partial charge in [-0.1, -0.05) is 41.6 Å². The molecule has 1 unspecified atom stereocenters. The number of hydrogen-bond acceptors (Lipinski definition) is 4. The Labute approximate surface area is 146 Å². The molecule has 25 heavy (non-hydrogen) atoms. The molecular formula is C21H19N3O. The van der Waals surface area contributed by atoms with Crippen molar-refractivity contribution >= 4 is 11.0 Å². The maximum absolute atomic E-state index is 6.50. The van der Waals surface area contributed by atoms with E-state index in [1.807, 2.05) is 49.4 Å². The zero-order chi connectivity index (χ0) is 17.2. The fourth-order valence-corrected chi connectivity index (χ4v) is 3.13. The van der Waals surface area contributed by atoms with Gasteiger partial charge in [0.1, 0.15) is 5.69 Å². The van der Waals surface area contributed by atoms with E-state index in [1.54, 1.807) is 6.20 Å².